The van der Waals surface area contributed by atoms with Crippen LogP contribution in [0.4, 0.5) is 8.78 Å². The summed E-state index contributed by atoms with van der Waals surface area (Å²) < 4.78 is 31.8. The van der Waals surface area contributed by atoms with E-state index in [1.807, 2.05) is 13.8 Å². The molecule has 0 atom stereocenters. The van der Waals surface area contributed by atoms with Gasteiger partial charge in [-0.15, -0.1) is 6.58 Å². The van der Waals surface area contributed by atoms with E-state index in [1.54, 1.807) is 6.08 Å². The molecular weight excluding hydrogens is 210 g/mol. The van der Waals surface area contributed by atoms with Crippen molar-refractivity contribution in [2.75, 3.05) is 6.61 Å². The fraction of sp³-hybridized carbons (Fsp3) is 0.385. The van der Waals surface area contributed by atoms with Crippen LogP contribution in [0.2, 0.25) is 0 Å². The Morgan fingerprint density at radius 3 is 2.62 bits per heavy atom. The van der Waals surface area contributed by atoms with Crippen molar-refractivity contribution in [3.05, 3.63) is 42.0 Å². The largest absolute Gasteiger partial charge is 0.490 e. The molecule has 0 unspecified atom stereocenters. The summed E-state index contributed by atoms with van der Waals surface area (Å²) in [6, 6.07) is 2.68. The van der Waals surface area contributed by atoms with Gasteiger partial charge in [0.15, 0.2) is 11.6 Å². The first-order valence-corrected chi connectivity index (χ1v) is 5.26. The molecule has 3 heteroatoms. The molecule has 0 heterocycles. The Morgan fingerprint density at radius 1 is 1.38 bits per heavy atom. The molecule has 0 aliphatic rings. The number of hydrogen-bond acceptors (Lipinski definition) is 1. The van der Waals surface area contributed by atoms with Gasteiger partial charge in [-0.2, -0.15) is 4.39 Å². The zero-order valence-electron chi connectivity index (χ0n) is 9.59. The van der Waals surface area contributed by atoms with Crippen molar-refractivity contribution in [1.29, 1.82) is 0 Å². The van der Waals surface area contributed by atoms with E-state index >= 15 is 0 Å². The number of benzene rings is 1. The molecular formula is C13H16F2O. The lowest BCUT2D eigenvalue weighted by molar-refractivity contribution is 0.255. The average Bonchev–Trinajstić information content (AvgIpc) is 2.21. The quantitative estimate of drug-likeness (QED) is 0.695. The molecule has 88 valence electrons. The van der Waals surface area contributed by atoms with Crippen molar-refractivity contribution in [2.45, 2.75) is 20.3 Å². The zero-order chi connectivity index (χ0) is 12.1. The second-order valence-corrected chi connectivity index (χ2v) is 4.09. The fourth-order valence-corrected chi connectivity index (χ4v) is 1.26. The molecule has 0 radical (unpaired) electrons. The Balaban J connectivity index is 2.92. The second kappa shape index (κ2) is 5.64. The molecule has 0 aliphatic carbocycles. The molecule has 0 spiro atoms. The van der Waals surface area contributed by atoms with E-state index in [1.165, 1.54) is 12.1 Å². The van der Waals surface area contributed by atoms with Gasteiger partial charge >= 0.3 is 0 Å². The Morgan fingerprint density at radius 2 is 2.06 bits per heavy atom. The minimum absolute atomic E-state index is 0.0226. The lowest BCUT2D eigenvalue weighted by atomic mass is 10.1. The highest BCUT2D eigenvalue weighted by Gasteiger charge is 2.12. The van der Waals surface area contributed by atoms with Gasteiger partial charge in [0, 0.05) is 0 Å². The molecule has 1 nitrogen and oxygen atoms in total. The minimum Gasteiger partial charge on any atom is -0.490 e. The molecule has 1 rings (SSSR count). The van der Waals surface area contributed by atoms with Crippen LogP contribution < -0.4 is 4.74 Å². The third kappa shape index (κ3) is 3.33. The van der Waals surface area contributed by atoms with Gasteiger partial charge in [0.05, 0.1) is 6.61 Å². The summed E-state index contributed by atoms with van der Waals surface area (Å²) in [5, 5.41) is 0. The SMILES string of the molecule is C=CCc1cc(F)c(F)c(OCC(C)C)c1. The van der Waals surface area contributed by atoms with Crippen molar-refractivity contribution < 1.29 is 13.5 Å². The number of allylic oxidation sites excluding steroid dienone is 1. The van der Waals surface area contributed by atoms with Crippen LogP contribution in [0, 0.1) is 17.6 Å². The maximum absolute atomic E-state index is 13.3. The van der Waals surface area contributed by atoms with Crippen LogP contribution in [0.15, 0.2) is 24.8 Å². The van der Waals surface area contributed by atoms with Gasteiger partial charge in [0.1, 0.15) is 0 Å². The molecule has 0 aromatic heterocycles. The van der Waals surface area contributed by atoms with Crippen molar-refractivity contribution in [1.82, 2.24) is 0 Å². The first-order valence-electron chi connectivity index (χ1n) is 5.26. The lowest BCUT2D eigenvalue weighted by Gasteiger charge is -2.11. The first kappa shape index (κ1) is 12.7. The summed E-state index contributed by atoms with van der Waals surface area (Å²) >= 11 is 0. The minimum atomic E-state index is -0.923. The standard InChI is InChI=1S/C13H16F2O/c1-4-5-10-6-11(14)13(15)12(7-10)16-8-9(2)3/h4,6-7,9H,1,5,8H2,2-3H3. The molecule has 16 heavy (non-hydrogen) atoms. The number of ether oxygens (including phenoxy) is 1. The van der Waals surface area contributed by atoms with Crippen LogP contribution in [0.1, 0.15) is 19.4 Å². The first-order chi connectivity index (χ1) is 7.54. The van der Waals surface area contributed by atoms with Crippen molar-refractivity contribution >= 4 is 0 Å². The van der Waals surface area contributed by atoms with E-state index in [4.69, 9.17) is 4.74 Å². The normalized spacial score (nSPS) is 10.6. The molecule has 0 fully saturated rings. The van der Waals surface area contributed by atoms with Gasteiger partial charge in [-0.3, -0.25) is 0 Å². The molecule has 0 amide bonds. The van der Waals surface area contributed by atoms with Gasteiger partial charge < -0.3 is 4.74 Å². The third-order valence-corrected chi connectivity index (χ3v) is 2.01. The highest BCUT2D eigenvalue weighted by atomic mass is 19.2. The van der Waals surface area contributed by atoms with Gasteiger partial charge in [-0.1, -0.05) is 19.9 Å². The molecule has 0 bridgehead atoms. The average molecular weight is 226 g/mol. The second-order valence-electron chi connectivity index (χ2n) is 4.09. The number of halogens is 2. The fourth-order valence-electron chi connectivity index (χ4n) is 1.26. The van der Waals surface area contributed by atoms with Crippen LogP contribution >= 0.6 is 0 Å². The van der Waals surface area contributed by atoms with Crippen LogP contribution in [0.5, 0.6) is 5.75 Å². The number of hydrogen-bond donors (Lipinski definition) is 0. The Hall–Kier alpha value is -1.38. The van der Waals surface area contributed by atoms with Gasteiger partial charge in [0.25, 0.3) is 0 Å². The third-order valence-electron chi connectivity index (χ3n) is 2.01. The van der Waals surface area contributed by atoms with Gasteiger partial charge in [-0.25, -0.2) is 4.39 Å². The maximum Gasteiger partial charge on any atom is 0.200 e. The summed E-state index contributed by atoms with van der Waals surface area (Å²) in [4.78, 5) is 0. The predicted molar refractivity (Wildman–Crippen MR) is 60.6 cm³/mol. The molecule has 0 saturated carbocycles. The molecule has 1 aromatic rings. The summed E-state index contributed by atoms with van der Waals surface area (Å²) in [6.07, 6.45) is 2.13. The summed E-state index contributed by atoms with van der Waals surface area (Å²) in [5.41, 5.74) is 0.660. The summed E-state index contributed by atoms with van der Waals surface area (Å²) in [6.45, 7) is 7.82. The van der Waals surface area contributed by atoms with Crippen LogP contribution in [-0.4, -0.2) is 6.61 Å². The monoisotopic (exact) mass is 226 g/mol. The van der Waals surface area contributed by atoms with E-state index < -0.39 is 11.6 Å². The lowest BCUT2D eigenvalue weighted by Crippen LogP contribution is -2.07. The van der Waals surface area contributed by atoms with Crippen LogP contribution in [0.25, 0.3) is 0 Å². The Labute approximate surface area is 94.7 Å². The van der Waals surface area contributed by atoms with E-state index in [0.29, 0.717) is 18.6 Å². The molecule has 0 aliphatic heterocycles. The zero-order valence-corrected chi connectivity index (χ0v) is 9.59. The van der Waals surface area contributed by atoms with E-state index in [9.17, 15) is 8.78 Å². The van der Waals surface area contributed by atoms with Crippen molar-refractivity contribution in [3.8, 4) is 5.75 Å². The summed E-state index contributed by atoms with van der Waals surface area (Å²) in [5.74, 6) is -1.55. The van der Waals surface area contributed by atoms with Crippen molar-refractivity contribution in [3.63, 3.8) is 0 Å². The van der Waals surface area contributed by atoms with Crippen LogP contribution in [-0.2, 0) is 6.42 Å². The van der Waals surface area contributed by atoms with Gasteiger partial charge in [0.2, 0.25) is 5.82 Å². The van der Waals surface area contributed by atoms with Crippen LogP contribution in [0.3, 0.4) is 0 Å². The smallest absolute Gasteiger partial charge is 0.200 e. The van der Waals surface area contributed by atoms with Crippen molar-refractivity contribution in [2.24, 2.45) is 5.92 Å². The maximum atomic E-state index is 13.3. The molecule has 1 aromatic carbocycles. The Kier molecular flexibility index (Phi) is 4.47. The molecule has 0 N–H and O–H groups in total. The topological polar surface area (TPSA) is 9.23 Å². The highest BCUT2D eigenvalue weighted by molar-refractivity contribution is 5.32. The highest BCUT2D eigenvalue weighted by Crippen LogP contribution is 2.23. The van der Waals surface area contributed by atoms with Gasteiger partial charge in [-0.05, 0) is 30.0 Å². The summed E-state index contributed by atoms with van der Waals surface area (Å²) in [7, 11) is 0. The van der Waals surface area contributed by atoms with E-state index in [0.717, 1.165) is 0 Å². The predicted octanol–water partition coefficient (Wildman–Crippen LogP) is 3.73. The van der Waals surface area contributed by atoms with E-state index in [-0.39, 0.29) is 11.7 Å². The van der Waals surface area contributed by atoms with E-state index in [2.05, 4.69) is 6.58 Å². The number of rotatable bonds is 5. The Bertz CT molecular complexity index is 372. The molecule has 0 saturated heterocycles.